The van der Waals surface area contributed by atoms with Crippen LogP contribution in [0.25, 0.3) is 0 Å². The molecule has 2 rings (SSSR count). The van der Waals surface area contributed by atoms with Gasteiger partial charge < -0.3 is 4.74 Å². The summed E-state index contributed by atoms with van der Waals surface area (Å²) in [5, 5.41) is 0. The molecule has 0 bridgehead atoms. The van der Waals surface area contributed by atoms with Gasteiger partial charge in [-0.25, -0.2) is 4.79 Å². The molecule has 0 N–H and O–H groups in total. The van der Waals surface area contributed by atoms with Gasteiger partial charge in [-0.1, -0.05) is 37.4 Å². The maximum absolute atomic E-state index is 12.7. The van der Waals surface area contributed by atoms with Crippen LogP contribution in [0.15, 0.2) is 59.7 Å². The number of hydrogen-bond donors (Lipinski definition) is 0. The molecule has 0 heterocycles. The highest BCUT2D eigenvalue weighted by molar-refractivity contribution is 6.34. The van der Waals surface area contributed by atoms with Gasteiger partial charge in [0.2, 0.25) is 0 Å². The molecule has 5 heteroatoms. The van der Waals surface area contributed by atoms with Crippen LogP contribution in [0.2, 0.25) is 0 Å². The lowest BCUT2D eigenvalue weighted by Gasteiger charge is -2.22. The van der Waals surface area contributed by atoms with Crippen LogP contribution in [-0.2, 0) is 14.3 Å². The third-order valence-corrected chi connectivity index (χ3v) is 3.58. The van der Waals surface area contributed by atoms with E-state index in [1.807, 2.05) is 0 Å². The van der Waals surface area contributed by atoms with Gasteiger partial charge in [-0.3, -0.25) is 14.4 Å². The first-order chi connectivity index (χ1) is 10.8. The third kappa shape index (κ3) is 2.57. The van der Waals surface area contributed by atoms with Crippen LogP contribution in [0.1, 0.15) is 27.6 Å². The molecule has 1 aliphatic rings. The maximum Gasteiger partial charge on any atom is 0.338 e. The normalized spacial score (nSPS) is 13.5. The van der Waals surface area contributed by atoms with E-state index < -0.39 is 23.3 Å². The van der Waals surface area contributed by atoms with Gasteiger partial charge in [-0.05, 0) is 6.92 Å². The standard InChI is InChI=1S/C18H14O5/c1-9(11(3)19)14-15(10(2)18(22)23-4)17(21)13-8-6-5-7-12(13)16(14)20/h5-8H,1-2H2,3-4H3. The van der Waals surface area contributed by atoms with Crippen LogP contribution in [0.5, 0.6) is 0 Å². The van der Waals surface area contributed by atoms with Crippen LogP contribution in [0.3, 0.4) is 0 Å². The molecule has 0 aliphatic heterocycles. The molecule has 0 saturated heterocycles. The Bertz CT molecular complexity index is 824. The molecule has 23 heavy (non-hydrogen) atoms. The molecule has 1 aliphatic carbocycles. The number of carbonyl (C=O) groups excluding carboxylic acids is 4. The molecule has 0 aromatic heterocycles. The number of esters is 1. The SMILES string of the molecule is C=C(C(C)=O)C1=C(C(=C)C(=O)OC)C(=O)c2ccccc2C1=O. The van der Waals surface area contributed by atoms with Crippen LogP contribution in [-0.4, -0.2) is 30.4 Å². The number of Topliss-reactive ketones (excluding diaryl/α,β-unsaturated/α-hetero) is 3. The molecule has 0 unspecified atom stereocenters. The van der Waals surface area contributed by atoms with Crippen molar-refractivity contribution in [3.63, 3.8) is 0 Å². The molecule has 1 aromatic carbocycles. The molecule has 0 fully saturated rings. The number of ketones is 3. The van der Waals surface area contributed by atoms with Gasteiger partial charge in [0.15, 0.2) is 17.3 Å². The zero-order valence-electron chi connectivity index (χ0n) is 12.8. The maximum atomic E-state index is 12.7. The number of methoxy groups -OCH3 is 1. The number of ether oxygens (including phenoxy) is 1. The van der Waals surface area contributed by atoms with E-state index in [0.717, 1.165) is 7.11 Å². The fourth-order valence-corrected chi connectivity index (χ4v) is 2.35. The van der Waals surface area contributed by atoms with Crippen molar-refractivity contribution in [1.29, 1.82) is 0 Å². The second-order valence-electron chi connectivity index (χ2n) is 4.96. The van der Waals surface area contributed by atoms with E-state index in [1.54, 1.807) is 12.1 Å². The average molecular weight is 310 g/mol. The molecular weight excluding hydrogens is 296 g/mol. The summed E-state index contributed by atoms with van der Waals surface area (Å²) in [6.45, 7) is 8.35. The zero-order valence-corrected chi connectivity index (χ0v) is 12.8. The zero-order chi connectivity index (χ0) is 17.3. The predicted molar refractivity (Wildman–Crippen MR) is 83.1 cm³/mol. The highest BCUT2D eigenvalue weighted by atomic mass is 16.5. The monoisotopic (exact) mass is 310 g/mol. The molecule has 0 atom stereocenters. The Hall–Kier alpha value is -3.08. The van der Waals surface area contributed by atoms with Gasteiger partial charge in [-0.15, -0.1) is 0 Å². The minimum atomic E-state index is -0.852. The largest absolute Gasteiger partial charge is 0.465 e. The number of rotatable bonds is 4. The summed E-state index contributed by atoms with van der Waals surface area (Å²) in [7, 11) is 1.14. The van der Waals surface area contributed by atoms with E-state index in [1.165, 1.54) is 19.1 Å². The first-order valence-corrected chi connectivity index (χ1v) is 6.71. The Balaban J connectivity index is 2.79. The van der Waals surface area contributed by atoms with Crippen LogP contribution >= 0.6 is 0 Å². The summed E-state index contributed by atoms with van der Waals surface area (Å²) in [6, 6.07) is 6.18. The second-order valence-corrected chi connectivity index (χ2v) is 4.96. The van der Waals surface area contributed by atoms with Gasteiger partial charge in [0.05, 0.1) is 12.7 Å². The summed E-state index contributed by atoms with van der Waals surface area (Å²) in [4.78, 5) is 48.9. The van der Waals surface area contributed by atoms with E-state index in [9.17, 15) is 19.2 Å². The minimum Gasteiger partial charge on any atom is -0.465 e. The summed E-state index contributed by atoms with van der Waals surface area (Å²) >= 11 is 0. The van der Waals surface area contributed by atoms with Crippen molar-refractivity contribution in [2.75, 3.05) is 7.11 Å². The van der Waals surface area contributed by atoms with Crippen molar-refractivity contribution in [3.8, 4) is 0 Å². The van der Waals surface area contributed by atoms with Crippen LogP contribution in [0.4, 0.5) is 0 Å². The lowest BCUT2D eigenvalue weighted by molar-refractivity contribution is -0.135. The minimum absolute atomic E-state index is 0.141. The first-order valence-electron chi connectivity index (χ1n) is 6.71. The average Bonchev–Trinajstić information content (AvgIpc) is 2.55. The van der Waals surface area contributed by atoms with Gasteiger partial charge in [0.1, 0.15) is 0 Å². The van der Waals surface area contributed by atoms with Crippen molar-refractivity contribution >= 4 is 23.3 Å². The van der Waals surface area contributed by atoms with Crippen molar-refractivity contribution in [1.82, 2.24) is 0 Å². The van der Waals surface area contributed by atoms with Gasteiger partial charge in [0, 0.05) is 27.8 Å². The van der Waals surface area contributed by atoms with Gasteiger partial charge in [-0.2, -0.15) is 0 Å². The lowest BCUT2D eigenvalue weighted by Crippen LogP contribution is -2.27. The smallest absolute Gasteiger partial charge is 0.338 e. The summed E-state index contributed by atoms with van der Waals surface area (Å²) in [5.74, 6) is -2.43. The van der Waals surface area contributed by atoms with Crippen LogP contribution < -0.4 is 0 Å². The Labute approximate surface area is 132 Å². The lowest BCUT2D eigenvalue weighted by atomic mass is 9.78. The summed E-state index contributed by atoms with van der Waals surface area (Å²) in [6.07, 6.45) is 0. The molecule has 0 saturated carbocycles. The summed E-state index contributed by atoms with van der Waals surface area (Å²) in [5.41, 5.74) is -0.540. The molecule has 5 nitrogen and oxygen atoms in total. The Morgan fingerprint density at radius 2 is 1.35 bits per heavy atom. The number of carbonyl (C=O) groups is 4. The molecule has 1 aromatic rings. The number of hydrogen-bond acceptors (Lipinski definition) is 5. The van der Waals surface area contributed by atoms with Crippen molar-refractivity contribution in [2.24, 2.45) is 0 Å². The molecule has 0 spiro atoms. The summed E-state index contributed by atoms with van der Waals surface area (Å²) < 4.78 is 4.57. The third-order valence-electron chi connectivity index (χ3n) is 3.58. The molecule has 0 radical (unpaired) electrons. The molecular formula is C18H14O5. The fraction of sp³-hybridized carbons (Fsp3) is 0.111. The predicted octanol–water partition coefficient (Wildman–Crippen LogP) is 2.24. The molecule has 116 valence electrons. The highest BCUT2D eigenvalue weighted by Gasteiger charge is 2.37. The Kier molecular flexibility index (Phi) is 4.22. The fourth-order valence-electron chi connectivity index (χ4n) is 2.35. The highest BCUT2D eigenvalue weighted by Crippen LogP contribution is 2.33. The van der Waals surface area contributed by atoms with Crippen molar-refractivity contribution < 1.29 is 23.9 Å². The Morgan fingerprint density at radius 3 is 1.74 bits per heavy atom. The second kappa shape index (κ2) is 5.96. The van der Waals surface area contributed by atoms with E-state index in [2.05, 4.69) is 17.9 Å². The number of fused-ring (bicyclic) bond motifs is 1. The van der Waals surface area contributed by atoms with E-state index in [0.29, 0.717) is 0 Å². The molecule has 0 amide bonds. The van der Waals surface area contributed by atoms with E-state index >= 15 is 0 Å². The van der Waals surface area contributed by atoms with Crippen molar-refractivity contribution in [2.45, 2.75) is 6.92 Å². The van der Waals surface area contributed by atoms with E-state index in [-0.39, 0.29) is 33.4 Å². The Morgan fingerprint density at radius 1 is 0.913 bits per heavy atom. The van der Waals surface area contributed by atoms with Crippen LogP contribution in [0, 0.1) is 0 Å². The van der Waals surface area contributed by atoms with Crippen molar-refractivity contribution in [3.05, 3.63) is 70.8 Å². The van der Waals surface area contributed by atoms with Gasteiger partial charge >= 0.3 is 5.97 Å². The van der Waals surface area contributed by atoms with Gasteiger partial charge in [0.25, 0.3) is 0 Å². The number of allylic oxidation sites excluding steroid dienone is 2. The number of benzene rings is 1. The quantitative estimate of drug-likeness (QED) is 0.629. The van der Waals surface area contributed by atoms with E-state index in [4.69, 9.17) is 0 Å². The first kappa shape index (κ1) is 16.3. The topological polar surface area (TPSA) is 77.5 Å².